The van der Waals surface area contributed by atoms with E-state index in [4.69, 9.17) is 0 Å². The zero-order chi connectivity index (χ0) is 17.5. The lowest BCUT2D eigenvalue weighted by molar-refractivity contribution is -0.124. The van der Waals surface area contributed by atoms with Gasteiger partial charge in [-0.25, -0.2) is 0 Å². The van der Waals surface area contributed by atoms with Crippen molar-refractivity contribution in [3.05, 3.63) is 64.1 Å². The molecule has 2 aromatic rings. The van der Waals surface area contributed by atoms with E-state index >= 15 is 0 Å². The summed E-state index contributed by atoms with van der Waals surface area (Å²) in [7, 11) is 0. The van der Waals surface area contributed by atoms with Gasteiger partial charge >= 0.3 is 0 Å². The number of likely N-dealkylation sites (N-methyl/N-ethyl adjacent to an activating group) is 1. The summed E-state index contributed by atoms with van der Waals surface area (Å²) in [5.74, 6) is -0.292. The average Bonchev–Trinajstić information content (AvgIpc) is 2.56. The van der Waals surface area contributed by atoms with Crippen molar-refractivity contribution in [1.29, 1.82) is 0 Å². The van der Waals surface area contributed by atoms with E-state index in [1.165, 1.54) is 0 Å². The maximum atomic E-state index is 12.4. The second kappa shape index (κ2) is 8.64. The number of nitrogens with zero attached hydrogens (tertiary/aromatic N) is 1. The van der Waals surface area contributed by atoms with Gasteiger partial charge in [-0.15, -0.1) is 0 Å². The van der Waals surface area contributed by atoms with E-state index in [0.29, 0.717) is 6.54 Å². The number of rotatable bonds is 6. The summed E-state index contributed by atoms with van der Waals surface area (Å²) < 4.78 is 0.890. The van der Waals surface area contributed by atoms with Crippen molar-refractivity contribution in [1.82, 2.24) is 5.32 Å². The van der Waals surface area contributed by atoms with E-state index in [-0.39, 0.29) is 24.8 Å². The number of aryl methyl sites for hydroxylation is 1. The fraction of sp³-hybridized carbons (Fsp3) is 0.263. The molecule has 0 saturated heterocycles. The molecule has 0 aromatic heterocycles. The number of benzene rings is 2. The molecule has 0 spiro atoms. The van der Waals surface area contributed by atoms with Crippen LogP contribution in [0.5, 0.6) is 0 Å². The SMILES string of the molecule is CCN(C(=O)CNC(=O)Cc1ccccc1Br)c1cccc(C)c1. The molecule has 126 valence electrons. The second-order valence-corrected chi connectivity index (χ2v) is 6.38. The van der Waals surface area contributed by atoms with Gasteiger partial charge in [-0.1, -0.05) is 46.3 Å². The molecule has 0 unspecified atom stereocenters. The molecule has 2 amide bonds. The molecule has 4 nitrogen and oxygen atoms in total. The predicted molar refractivity (Wildman–Crippen MR) is 100 cm³/mol. The first kappa shape index (κ1) is 18.2. The molecule has 0 aliphatic rings. The third kappa shape index (κ3) is 4.93. The summed E-state index contributed by atoms with van der Waals surface area (Å²) >= 11 is 3.42. The Hall–Kier alpha value is -2.14. The van der Waals surface area contributed by atoms with Gasteiger partial charge in [0.1, 0.15) is 0 Å². The Morgan fingerprint density at radius 1 is 1.12 bits per heavy atom. The van der Waals surface area contributed by atoms with Crippen LogP contribution in [0.3, 0.4) is 0 Å². The Labute approximate surface area is 151 Å². The van der Waals surface area contributed by atoms with E-state index in [0.717, 1.165) is 21.3 Å². The Balaban J connectivity index is 1.94. The monoisotopic (exact) mass is 388 g/mol. The van der Waals surface area contributed by atoms with Crippen LogP contribution in [0.1, 0.15) is 18.1 Å². The topological polar surface area (TPSA) is 49.4 Å². The largest absolute Gasteiger partial charge is 0.347 e. The quantitative estimate of drug-likeness (QED) is 0.823. The van der Waals surface area contributed by atoms with Crippen LogP contribution in [-0.2, 0) is 16.0 Å². The Kier molecular flexibility index (Phi) is 6.55. The van der Waals surface area contributed by atoms with Crippen molar-refractivity contribution in [2.75, 3.05) is 18.0 Å². The van der Waals surface area contributed by atoms with Crippen molar-refractivity contribution in [3.8, 4) is 0 Å². The first-order valence-electron chi connectivity index (χ1n) is 7.88. The number of halogens is 1. The van der Waals surface area contributed by atoms with Crippen LogP contribution in [0.15, 0.2) is 53.0 Å². The van der Waals surface area contributed by atoms with Crippen molar-refractivity contribution < 1.29 is 9.59 Å². The van der Waals surface area contributed by atoms with Gasteiger partial charge in [-0.2, -0.15) is 0 Å². The van der Waals surface area contributed by atoms with Crippen LogP contribution in [0.25, 0.3) is 0 Å². The van der Waals surface area contributed by atoms with Crippen LogP contribution >= 0.6 is 15.9 Å². The van der Waals surface area contributed by atoms with Crippen molar-refractivity contribution in [3.63, 3.8) is 0 Å². The molecule has 0 heterocycles. The highest BCUT2D eigenvalue weighted by Gasteiger charge is 2.15. The van der Waals surface area contributed by atoms with Gasteiger partial charge in [-0.05, 0) is 43.2 Å². The van der Waals surface area contributed by atoms with Crippen LogP contribution in [-0.4, -0.2) is 24.9 Å². The molecular weight excluding hydrogens is 368 g/mol. The van der Waals surface area contributed by atoms with Gasteiger partial charge < -0.3 is 10.2 Å². The van der Waals surface area contributed by atoms with Crippen LogP contribution < -0.4 is 10.2 Å². The van der Waals surface area contributed by atoms with E-state index in [9.17, 15) is 9.59 Å². The number of anilines is 1. The molecule has 2 rings (SSSR count). The van der Waals surface area contributed by atoms with Crippen LogP contribution in [0.2, 0.25) is 0 Å². The van der Waals surface area contributed by atoms with Crippen molar-refractivity contribution >= 4 is 33.4 Å². The highest BCUT2D eigenvalue weighted by molar-refractivity contribution is 9.10. The molecule has 5 heteroatoms. The average molecular weight is 389 g/mol. The van der Waals surface area contributed by atoms with Gasteiger partial charge in [0, 0.05) is 16.7 Å². The summed E-state index contributed by atoms with van der Waals surface area (Å²) in [6.07, 6.45) is 0.241. The first-order valence-corrected chi connectivity index (χ1v) is 8.67. The minimum atomic E-state index is -0.171. The molecule has 0 atom stereocenters. The predicted octanol–water partition coefficient (Wildman–Crippen LogP) is 3.47. The molecule has 2 aromatic carbocycles. The molecular formula is C19H21BrN2O2. The lowest BCUT2D eigenvalue weighted by Crippen LogP contribution is -2.40. The zero-order valence-corrected chi connectivity index (χ0v) is 15.5. The molecule has 0 bridgehead atoms. The van der Waals surface area contributed by atoms with Crippen LogP contribution in [0, 0.1) is 6.92 Å². The Morgan fingerprint density at radius 3 is 2.54 bits per heavy atom. The summed E-state index contributed by atoms with van der Waals surface area (Å²) in [4.78, 5) is 26.2. The third-order valence-electron chi connectivity index (χ3n) is 3.68. The summed E-state index contributed by atoms with van der Waals surface area (Å²) in [6, 6.07) is 15.3. The van der Waals surface area contributed by atoms with Gasteiger partial charge in [0.15, 0.2) is 0 Å². The number of hydrogen-bond acceptors (Lipinski definition) is 2. The van der Waals surface area contributed by atoms with Gasteiger partial charge in [0.2, 0.25) is 11.8 Å². The fourth-order valence-electron chi connectivity index (χ4n) is 2.45. The number of carbonyl (C=O) groups is 2. The minimum absolute atomic E-state index is 0.00886. The second-order valence-electron chi connectivity index (χ2n) is 5.52. The standard InChI is InChI=1S/C19H21BrN2O2/c1-3-22(16-9-6-7-14(2)11-16)19(24)13-21-18(23)12-15-8-4-5-10-17(15)20/h4-11H,3,12-13H2,1-2H3,(H,21,23). The molecule has 24 heavy (non-hydrogen) atoms. The third-order valence-corrected chi connectivity index (χ3v) is 4.45. The molecule has 1 N–H and O–H groups in total. The molecule has 0 aliphatic heterocycles. The molecule has 0 saturated carbocycles. The molecule has 0 fully saturated rings. The summed E-state index contributed by atoms with van der Waals surface area (Å²) in [5.41, 5.74) is 2.84. The minimum Gasteiger partial charge on any atom is -0.347 e. The molecule has 0 aliphatic carbocycles. The van der Waals surface area contributed by atoms with Gasteiger partial charge in [0.25, 0.3) is 0 Å². The highest BCUT2D eigenvalue weighted by atomic mass is 79.9. The Morgan fingerprint density at radius 2 is 1.88 bits per heavy atom. The van der Waals surface area contributed by atoms with Gasteiger partial charge in [0.05, 0.1) is 13.0 Å². The Bertz CT molecular complexity index is 731. The lowest BCUT2D eigenvalue weighted by atomic mass is 10.1. The van der Waals surface area contributed by atoms with Crippen molar-refractivity contribution in [2.45, 2.75) is 20.3 Å². The number of hydrogen-bond donors (Lipinski definition) is 1. The maximum absolute atomic E-state index is 12.4. The van der Waals surface area contributed by atoms with E-state index in [1.54, 1.807) is 4.90 Å². The number of amides is 2. The van der Waals surface area contributed by atoms with Gasteiger partial charge in [-0.3, -0.25) is 9.59 Å². The highest BCUT2D eigenvalue weighted by Crippen LogP contribution is 2.17. The van der Waals surface area contributed by atoms with E-state index in [2.05, 4.69) is 21.2 Å². The fourth-order valence-corrected chi connectivity index (χ4v) is 2.87. The van der Waals surface area contributed by atoms with E-state index in [1.807, 2.05) is 62.4 Å². The van der Waals surface area contributed by atoms with Crippen LogP contribution in [0.4, 0.5) is 5.69 Å². The zero-order valence-electron chi connectivity index (χ0n) is 13.9. The first-order chi connectivity index (χ1) is 11.5. The summed E-state index contributed by atoms with van der Waals surface area (Å²) in [5, 5.41) is 2.71. The van der Waals surface area contributed by atoms with Crippen molar-refractivity contribution in [2.24, 2.45) is 0 Å². The summed E-state index contributed by atoms with van der Waals surface area (Å²) in [6.45, 7) is 4.46. The lowest BCUT2D eigenvalue weighted by Gasteiger charge is -2.21. The number of nitrogens with one attached hydrogen (secondary N) is 1. The normalized spacial score (nSPS) is 10.3. The number of carbonyl (C=O) groups excluding carboxylic acids is 2. The maximum Gasteiger partial charge on any atom is 0.246 e. The van der Waals surface area contributed by atoms with E-state index < -0.39 is 0 Å². The molecule has 0 radical (unpaired) electrons. The smallest absolute Gasteiger partial charge is 0.246 e.